The third kappa shape index (κ3) is 4.63. The molecule has 0 aromatic carbocycles. The summed E-state index contributed by atoms with van der Waals surface area (Å²) < 4.78 is 5.11. The molecular weight excluding hydrogens is 404 g/mol. The fourth-order valence-electron chi connectivity index (χ4n) is 4.83. The summed E-state index contributed by atoms with van der Waals surface area (Å²) in [5.41, 5.74) is 2.22. The van der Waals surface area contributed by atoms with Crippen LogP contribution < -0.4 is 5.32 Å². The van der Waals surface area contributed by atoms with Crippen molar-refractivity contribution in [1.29, 1.82) is 0 Å². The fourth-order valence-corrected chi connectivity index (χ4v) is 4.83. The Kier molecular flexibility index (Phi) is 6.74. The lowest BCUT2D eigenvalue weighted by molar-refractivity contribution is -0.138. The molecule has 1 spiro atoms. The minimum atomic E-state index is -0.300. The standard InChI is InChI=1S/C25H34N4O3/c1-4-17(2)13-27-22-6-5-19(15-28-22)14-26-20-7-9-25(10-8-20)11-12-29(24(25)31)21-16-32-23(30)18(21)3/h5-6,13,15,17,20,26H,4,7-12,14,16H2,1-3H3. The quantitative estimate of drug-likeness (QED) is 0.515. The monoisotopic (exact) mass is 438 g/mol. The highest BCUT2D eigenvalue weighted by Crippen LogP contribution is 2.46. The topological polar surface area (TPSA) is 83.9 Å². The Morgan fingerprint density at radius 1 is 1.31 bits per heavy atom. The summed E-state index contributed by atoms with van der Waals surface area (Å²) in [4.78, 5) is 35.6. The lowest BCUT2D eigenvalue weighted by Crippen LogP contribution is -2.42. The molecule has 1 aromatic heterocycles. The van der Waals surface area contributed by atoms with Crippen LogP contribution in [0.4, 0.5) is 5.82 Å². The average molecular weight is 439 g/mol. The highest BCUT2D eigenvalue weighted by Gasteiger charge is 2.50. The number of pyridine rings is 1. The minimum absolute atomic E-state index is 0.182. The number of carbonyl (C=O) groups excluding carboxylic acids is 2. The molecule has 0 radical (unpaired) electrons. The first-order valence-corrected chi connectivity index (χ1v) is 11.8. The molecule has 1 atom stereocenters. The molecule has 2 fully saturated rings. The van der Waals surface area contributed by atoms with Gasteiger partial charge in [-0.2, -0.15) is 0 Å². The van der Waals surface area contributed by atoms with Crippen LogP contribution >= 0.6 is 0 Å². The van der Waals surface area contributed by atoms with E-state index in [1.165, 1.54) is 0 Å². The molecule has 1 saturated heterocycles. The normalized spacial score (nSPS) is 27.1. The molecule has 1 aliphatic carbocycles. The smallest absolute Gasteiger partial charge is 0.336 e. The van der Waals surface area contributed by atoms with Gasteiger partial charge in [-0.1, -0.05) is 19.9 Å². The van der Waals surface area contributed by atoms with E-state index in [1.54, 1.807) is 6.92 Å². The van der Waals surface area contributed by atoms with Gasteiger partial charge in [-0.25, -0.2) is 14.8 Å². The van der Waals surface area contributed by atoms with Crippen molar-refractivity contribution in [3.8, 4) is 0 Å². The first-order valence-electron chi connectivity index (χ1n) is 11.8. The number of aliphatic imine (C=N–C) groups is 1. The van der Waals surface area contributed by atoms with Crippen LogP contribution in [-0.4, -0.2) is 47.2 Å². The molecule has 1 saturated carbocycles. The van der Waals surface area contributed by atoms with Crippen LogP contribution in [-0.2, 0) is 20.9 Å². The largest absolute Gasteiger partial charge is 0.456 e. The van der Waals surface area contributed by atoms with Gasteiger partial charge in [0.2, 0.25) is 5.91 Å². The molecule has 32 heavy (non-hydrogen) atoms. The number of nitrogens with one attached hydrogen (secondary N) is 1. The van der Waals surface area contributed by atoms with Crippen molar-refractivity contribution in [1.82, 2.24) is 15.2 Å². The van der Waals surface area contributed by atoms with Gasteiger partial charge in [0.1, 0.15) is 6.61 Å². The Labute approximate surface area is 190 Å². The van der Waals surface area contributed by atoms with Gasteiger partial charge in [0.25, 0.3) is 0 Å². The van der Waals surface area contributed by atoms with E-state index in [9.17, 15) is 9.59 Å². The van der Waals surface area contributed by atoms with E-state index >= 15 is 0 Å². The van der Waals surface area contributed by atoms with Crippen molar-refractivity contribution < 1.29 is 14.3 Å². The molecule has 1 N–H and O–H groups in total. The molecule has 3 heterocycles. The molecule has 1 amide bonds. The van der Waals surface area contributed by atoms with Crippen LogP contribution in [0.15, 0.2) is 34.6 Å². The molecule has 7 nitrogen and oxygen atoms in total. The van der Waals surface area contributed by atoms with Crippen LogP contribution in [0, 0.1) is 11.3 Å². The summed E-state index contributed by atoms with van der Waals surface area (Å²) in [6.07, 6.45) is 9.54. The maximum Gasteiger partial charge on any atom is 0.336 e. The van der Waals surface area contributed by atoms with Crippen LogP contribution in [0.2, 0.25) is 0 Å². The van der Waals surface area contributed by atoms with Gasteiger partial charge in [0.15, 0.2) is 5.82 Å². The highest BCUT2D eigenvalue weighted by molar-refractivity contribution is 5.94. The zero-order valence-electron chi connectivity index (χ0n) is 19.4. The summed E-state index contributed by atoms with van der Waals surface area (Å²) in [5.74, 6) is 1.09. The fraction of sp³-hybridized carbons (Fsp3) is 0.600. The van der Waals surface area contributed by atoms with Gasteiger partial charge in [-0.05, 0) is 63.0 Å². The molecule has 7 heteroatoms. The minimum Gasteiger partial charge on any atom is -0.456 e. The van der Waals surface area contributed by atoms with E-state index in [4.69, 9.17) is 4.74 Å². The van der Waals surface area contributed by atoms with E-state index in [0.717, 1.165) is 62.1 Å². The van der Waals surface area contributed by atoms with Gasteiger partial charge in [-0.3, -0.25) is 4.79 Å². The van der Waals surface area contributed by atoms with Gasteiger partial charge >= 0.3 is 5.97 Å². The van der Waals surface area contributed by atoms with E-state index < -0.39 is 0 Å². The maximum absolute atomic E-state index is 13.2. The number of aromatic nitrogens is 1. The van der Waals surface area contributed by atoms with E-state index in [0.29, 0.717) is 24.1 Å². The second-order valence-corrected chi connectivity index (χ2v) is 9.48. The zero-order valence-corrected chi connectivity index (χ0v) is 19.4. The van der Waals surface area contributed by atoms with E-state index in [2.05, 4.69) is 35.2 Å². The first-order chi connectivity index (χ1) is 15.4. The van der Waals surface area contributed by atoms with Crippen LogP contribution in [0.1, 0.15) is 64.9 Å². The Hall–Kier alpha value is -2.54. The Balaban J connectivity index is 1.27. The SMILES string of the molecule is CCC(C)C=Nc1ccc(CNC2CCC3(CC2)CCN(C2=C(C)C(=O)OC2)C3=O)cn1. The van der Waals surface area contributed by atoms with Gasteiger partial charge in [0.05, 0.1) is 16.7 Å². The maximum atomic E-state index is 13.2. The predicted molar refractivity (Wildman–Crippen MR) is 123 cm³/mol. The summed E-state index contributed by atoms with van der Waals surface area (Å²) >= 11 is 0. The number of cyclic esters (lactones) is 1. The van der Waals surface area contributed by atoms with Crippen molar-refractivity contribution in [2.24, 2.45) is 16.3 Å². The highest BCUT2D eigenvalue weighted by atomic mass is 16.5. The number of rotatable bonds is 7. The van der Waals surface area contributed by atoms with E-state index in [1.807, 2.05) is 23.4 Å². The van der Waals surface area contributed by atoms with E-state index in [-0.39, 0.29) is 23.9 Å². The number of amides is 1. The zero-order chi connectivity index (χ0) is 22.7. The Morgan fingerprint density at radius 2 is 2.09 bits per heavy atom. The second kappa shape index (κ2) is 9.53. The molecule has 0 bridgehead atoms. The summed E-state index contributed by atoms with van der Waals surface area (Å²) in [7, 11) is 0. The third-order valence-corrected chi connectivity index (χ3v) is 7.37. The molecule has 1 unspecified atom stereocenters. The summed E-state index contributed by atoms with van der Waals surface area (Å²) in [5, 5.41) is 3.64. The van der Waals surface area contributed by atoms with Crippen LogP contribution in [0.3, 0.4) is 0 Å². The number of hydrogen-bond donors (Lipinski definition) is 1. The number of nitrogens with zero attached hydrogens (tertiary/aromatic N) is 3. The predicted octanol–water partition coefficient (Wildman–Crippen LogP) is 3.91. The molecular formula is C25H34N4O3. The molecule has 2 aliphatic heterocycles. The molecule has 1 aromatic rings. The first kappa shape index (κ1) is 22.6. The van der Waals surface area contributed by atoms with Crippen molar-refractivity contribution in [3.05, 3.63) is 35.2 Å². The summed E-state index contributed by atoms with van der Waals surface area (Å²) in [6.45, 7) is 7.74. The van der Waals surface area contributed by atoms with Crippen molar-refractivity contribution in [3.63, 3.8) is 0 Å². The second-order valence-electron chi connectivity index (χ2n) is 9.48. The lowest BCUT2D eigenvalue weighted by atomic mass is 9.71. The van der Waals surface area contributed by atoms with Crippen molar-refractivity contribution in [2.45, 2.75) is 71.9 Å². The van der Waals surface area contributed by atoms with Crippen molar-refractivity contribution >= 4 is 23.9 Å². The van der Waals surface area contributed by atoms with Gasteiger partial charge < -0.3 is 15.0 Å². The average Bonchev–Trinajstić information content (AvgIpc) is 3.31. The van der Waals surface area contributed by atoms with Gasteiger partial charge in [-0.15, -0.1) is 0 Å². The number of ether oxygens (including phenoxy) is 1. The number of hydrogen-bond acceptors (Lipinski definition) is 6. The molecule has 172 valence electrons. The van der Waals surface area contributed by atoms with Crippen LogP contribution in [0.5, 0.6) is 0 Å². The number of esters is 1. The Morgan fingerprint density at radius 3 is 2.72 bits per heavy atom. The summed E-state index contributed by atoms with van der Waals surface area (Å²) in [6, 6.07) is 4.45. The third-order valence-electron chi connectivity index (χ3n) is 7.37. The van der Waals surface area contributed by atoms with Gasteiger partial charge in [0, 0.05) is 31.5 Å². The number of likely N-dealkylation sites (tertiary alicyclic amines) is 1. The van der Waals surface area contributed by atoms with Crippen LogP contribution in [0.25, 0.3) is 0 Å². The Bertz CT molecular complexity index is 914. The number of carbonyl (C=O) groups is 2. The molecule has 4 rings (SSSR count). The molecule has 3 aliphatic rings. The lowest BCUT2D eigenvalue weighted by Gasteiger charge is -2.36. The van der Waals surface area contributed by atoms with Crippen molar-refractivity contribution in [2.75, 3.05) is 13.2 Å².